The predicted molar refractivity (Wildman–Crippen MR) is 71.4 cm³/mol. The molecule has 0 radical (unpaired) electrons. The van der Waals surface area contributed by atoms with Crippen LogP contribution in [0.2, 0.25) is 0 Å². The lowest BCUT2D eigenvalue weighted by Crippen LogP contribution is -2.34. The number of nitrogens with zero attached hydrogens (tertiary/aromatic N) is 1. The third kappa shape index (κ3) is 3.53. The van der Waals surface area contributed by atoms with Crippen LogP contribution in [0.4, 0.5) is 0 Å². The Bertz CT molecular complexity index is 415. The van der Waals surface area contributed by atoms with E-state index in [2.05, 4.69) is 0 Å². The van der Waals surface area contributed by atoms with Gasteiger partial charge in [-0.3, -0.25) is 4.79 Å². The molecule has 2 rings (SSSR count). The zero-order valence-electron chi connectivity index (χ0n) is 9.63. The summed E-state index contributed by atoms with van der Waals surface area (Å²) < 4.78 is 0. The van der Waals surface area contributed by atoms with Gasteiger partial charge in [-0.05, 0) is 18.4 Å². The van der Waals surface area contributed by atoms with Gasteiger partial charge in [0.15, 0.2) is 0 Å². The van der Waals surface area contributed by atoms with Crippen molar-refractivity contribution in [2.45, 2.75) is 31.8 Å². The van der Waals surface area contributed by atoms with E-state index in [-0.39, 0.29) is 17.3 Å². The zero-order valence-corrected chi connectivity index (χ0v) is 10.5. The van der Waals surface area contributed by atoms with E-state index in [1.165, 1.54) is 0 Å². The first kappa shape index (κ1) is 12.0. The van der Waals surface area contributed by atoms with Crippen LogP contribution in [0, 0.1) is 0 Å². The summed E-state index contributed by atoms with van der Waals surface area (Å²) >= 11 is 4.79. The Labute approximate surface area is 107 Å². The molecule has 4 heteroatoms. The Balaban J connectivity index is 2.03. The molecule has 1 aliphatic carbocycles. The van der Waals surface area contributed by atoms with Crippen LogP contribution in [0.3, 0.4) is 0 Å². The Kier molecular flexibility index (Phi) is 3.74. The smallest absolute Gasteiger partial charge is 0.229 e. The SMILES string of the molecule is NC(=S)CC(=O)N(Cc1ccccc1)C1CC1. The van der Waals surface area contributed by atoms with Crippen LogP contribution in [-0.4, -0.2) is 21.8 Å². The molecule has 0 atom stereocenters. The second kappa shape index (κ2) is 5.27. The van der Waals surface area contributed by atoms with Gasteiger partial charge in [-0.25, -0.2) is 0 Å². The molecular formula is C13H16N2OS. The molecule has 1 aromatic rings. The first-order valence-corrected chi connectivity index (χ1v) is 6.19. The summed E-state index contributed by atoms with van der Waals surface area (Å²) in [5, 5.41) is 0. The number of rotatable bonds is 5. The highest BCUT2D eigenvalue weighted by atomic mass is 32.1. The third-order valence-corrected chi connectivity index (χ3v) is 2.97. The van der Waals surface area contributed by atoms with Crippen molar-refractivity contribution >= 4 is 23.1 Å². The lowest BCUT2D eigenvalue weighted by atomic mass is 10.2. The number of carbonyl (C=O) groups is 1. The van der Waals surface area contributed by atoms with Gasteiger partial charge >= 0.3 is 0 Å². The molecule has 3 nitrogen and oxygen atoms in total. The molecule has 90 valence electrons. The van der Waals surface area contributed by atoms with E-state index in [0.717, 1.165) is 18.4 Å². The van der Waals surface area contributed by atoms with Crippen molar-refractivity contribution in [3.63, 3.8) is 0 Å². The quantitative estimate of drug-likeness (QED) is 0.809. The van der Waals surface area contributed by atoms with E-state index in [1.54, 1.807) is 0 Å². The molecule has 1 saturated carbocycles. The average molecular weight is 248 g/mol. The third-order valence-electron chi connectivity index (χ3n) is 2.83. The van der Waals surface area contributed by atoms with Crippen molar-refractivity contribution in [3.8, 4) is 0 Å². The lowest BCUT2D eigenvalue weighted by Gasteiger charge is -2.22. The number of carbonyl (C=O) groups excluding carboxylic acids is 1. The zero-order chi connectivity index (χ0) is 12.3. The van der Waals surface area contributed by atoms with Crippen LogP contribution >= 0.6 is 12.2 Å². The molecule has 1 fully saturated rings. The summed E-state index contributed by atoms with van der Waals surface area (Å²) in [6.45, 7) is 0.660. The Morgan fingerprint density at radius 2 is 2.00 bits per heavy atom. The fourth-order valence-corrected chi connectivity index (χ4v) is 1.96. The van der Waals surface area contributed by atoms with E-state index in [9.17, 15) is 4.79 Å². The number of thiocarbonyl (C=S) groups is 1. The number of hydrogen-bond acceptors (Lipinski definition) is 2. The maximum absolute atomic E-state index is 12.0. The van der Waals surface area contributed by atoms with Gasteiger partial charge in [-0.2, -0.15) is 0 Å². The van der Waals surface area contributed by atoms with Crippen molar-refractivity contribution in [1.29, 1.82) is 0 Å². The Hall–Kier alpha value is -1.42. The van der Waals surface area contributed by atoms with E-state index in [1.807, 2.05) is 35.2 Å². The number of nitrogens with two attached hydrogens (primary N) is 1. The summed E-state index contributed by atoms with van der Waals surface area (Å²) in [7, 11) is 0. The molecule has 0 bridgehead atoms. The van der Waals surface area contributed by atoms with E-state index in [0.29, 0.717) is 12.6 Å². The molecule has 0 spiro atoms. The highest BCUT2D eigenvalue weighted by Gasteiger charge is 2.32. The maximum atomic E-state index is 12.0. The number of amides is 1. The van der Waals surface area contributed by atoms with Gasteiger partial charge in [-0.15, -0.1) is 0 Å². The minimum Gasteiger partial charge on any atom is -0.393 e. The first-order valence-electron chi connectivity index (χ1n) is 5.78. The topological polar surface area (TPSA) is 46.3 Å². The first-order chi connectivity index (χ1) is 8.16. The molecule has 0 unspecified atom stereocenters. The standard InChI is InChI=1S/C13H16N2OS/c14-12(17)8-13(16)15(11-6-7-11)9-10-4-2-1-3-5-10/h1-5,11H,6-9H2,(H2,14,17). The molecule has 1 amide bonds. The summed E-state index contributed by atoms with van der Waals surface area (Å²) in [6.07, 6.45) is 2.37. The van der Waals surface area contributed by atoms with Crippen LogP contribution in [0.15, 0.2) is 30.3 Å². The average Bonchev–Trinajstić information content (AvgIpc) is 3.10. The summed E-state index contributed by atoms with van der Waals surface area (Å²) in [5.74, 6) is 0.0452. The summed E-state index contributed by atoms with van der Waals surface area (Å²) in [4.78, 5) is 14.2. The van der Waals surface area contributed by atoms with Crippen molar-refractivity contribution in [1.82, 2.24) is 4.90 Å². The summed E-state index contributed by atoms with van der Waals surface area (Å²) in [5.41, 5.74) is 6.58. The molecule has 1 aliphatic rings. The van der Waals surface area contributed by atoms with Crippen LogP contribution in [0.1, 0.15) is 24.8 Å². The largest absolute Gasteiger partial charge is 0.393 e. The molecule has 1 aromatic carbocycles. The van der Waals surface area contributed by atoms with Crippen molar-refractivity contribution in [2.24, 2.45) is 5.73 Å². The Morgan fingerprint density at radius 1 is 1.35 bits per heavy atom. The van der Waals surface area contributed by atoms with E-state index >= 15 is 0 Å². The van der Waals surface area contributed by atoms with Gasteiger partial charge in [0.2, 0.25) is 5.91 Å². The van der Waals surface area contributed by atoms with Crippen LogP contribution in [0.25, 0.3) is 0 Å². The number of hydrogen-bond donors (Lipinski definition) is 1. The normalized spacial score (nSPS) is 14.4. The van der Waals surface area contributed by atoms with E-state index < -0.39 is 0 Å². The minimum absolute atomic E-state index is 0.0452. The van der Waals surface area contributed by atoms with Gasteiger partial charge in [0.25, 0.3) is 0 Å². The van der Waals surface area contributed by atoms with Crippen molar-refractivity contribution in [2.75, 3.05) is 0 Å². The highest BCUT2D eigenvalue weighted by Crippen LogP contribution is 2.28. The molecular weight excluding hydrogens is 232 g/mol. The fourth-order valence-electron chi connectivity index (χ4n) is 1.84. The van der Waals surface area contributed by atoms with Gasteiger partial charge in [0, 0.05) is 12.6 Å². The molecule has 0 aliphatic heterocycles. The number of benzene rings is 1. The second-order valence-corrected chi connectivity index (χ2v) is 4.91. The fraction of sp³-hybridized carbons (Fsp3) is 0.385. The predicted octanol–water partition coefficient (Wildman–Crippen LogP) is 1.85. The molecule has 17 heavy (non-hydrogen) atoms. The molecule has 0 heterocycles. The van der Waals surface area contributed by atoms with Gasteiger partial charge < -0.3 is 10.6 Å². The van der Waals surface area contributed by atoms with Crippen molar-refractivity contribution < 1.29 is 4.79 Å². The second-order valence-electron chi connectivity index (χ2n) is 4.38. The van der Waals surface area contributed by atoms with Gasteiger partial charge in [-0.1, -0.05) is 42.5 Å². The minimum atomic E-state index is 0.0452. The maximum Gasteiger partial charge on any atom is 0.229 e. The molecule has 0 saturated heterocycles. The summed E-state index contributed by atoms with van der Waals surface area (Å²) in [6, 6.07) is 10.4. The van der Waals surface area contributed by atoms with Gasteiger partial charge in [0.1, 0.15) is 0 Å². The van der Waals surface area contributed by atoms with Crippen LogP contribution in [0.5, 0.6) is 0 Å². The molecule has 0 aromatic heterocycles. The highest BCUT2D eigenvalue weighted by molar-refractivity contribution is 7.80. The van der Waals surface area contributed by atoms with E-state index in [4.69, 9.17) is 18.0 Å². The molecule has 2 N–H and O–H groups in total. The van der Waals surface area contributed by atoms with Crippen LogP contribution in [-0.2, 0) is 11.3 Å². The lowest BCUT2D eigenvalue weighted by molar-refractivity contribution is -0.131. The Morgan fingerprint density at radius 3 is 2.53 bits per heavy atom. The van der Waals surface area contributed by atoms with Gasteiger partial charge in [0.05, 0.1) is 11.4 Å². The monoisotopic (exact) mass is 248 g/mol. The van der Waals surface area contributed by atoms with Crippen molar-refractivity contribution in [3.05, 3.63) is 35.9 Å². The van der Waals surface area contributed by atoms with Crippen LogP contribution < -0.4 is 5.73 Å².